The first kappa shape index (κ1) is 14.5. The SMILES string of the molecule is Cc1nc(C2CCCN(c3c([N+](=O)[O-])c(C)nn3C)C2)n[nH]1. The molecule has 1 unspecified atom stereocenters. The first-order valence-electron chi connectivity index (χ1n) is 7.29. The Kier molecular flexibility index (Phi) is 3.55. The molecule has 118 valence electrons. The van der Waals surface area contributed by atoms with E-state index < -0.39 is 0 Å². The highest BCUT2D eigenvalue weighted by atomic mass is 16.6. The van der Waals surface area contributed by atoms with Gasteiger partial charge in [-0.2, -0.15) is 10.2 Å². The fraction of sp³-hybridized carbons (Fsp3) is 0.615. The van der Waals surface area contributed by atoms with Gasteiger partial charge in [0.05, 0.1) is 4.92 Å². The Bertz CT molecular complexity index is 705. The van der Waals surface area contributed by atoms with Gasteiger partial charge in [0.1, 0.15) is 11.5 Å². The average molecular weight is 305 g/mol. The highest BCUT2D eigenvalue weighted by Gasteiger charge is 2.32. The zero-order valence-corrected chi connectivity index (χ0v) is 12.9. The van der Waals surface area contributed by atoms with Crippen molar-refractivity contribution in [3.05, 3.63) is 27.5 Å². The molecule has 1 N–H and O–H groups in total. The number of nitro groups is 1. The summed E-state index contributed by atoms with van der Waals surface area (Å²) in [4.78, 5) is 17.4. The Balaban J connectivity index is 1.91. The summed E-state index contributed by atoms with van der Waals surface area (Å²) in [6.45, 7) is 4.98. The molecule has 3 heterocycles. The molecular weight excluding hydrogens is 286 g/mol. The van der Waals surface area contributed by atoms with E-state index >= 15 is 0 Å². The maximum absolute atomic E-state index is 11.3. The van der Waals surface area contributed by atoms with Crippen molar-refractivity contribution in [2.75, 3.05) is 18.0 Å². The number of nitrogens with zero attached hydrogens (tertiary/aromatic N) is 6. The van der Waals surface area contributed by atoms with Gasteiger partial charge in [-0.25, -0.2) is 9.67 Å². The molecule has 0 amide bonds. The second-order valence-corrected chi connectivity index (χ2v) is 5.70. The van der Waals surface area contributed by atoms with E-state index in [0.29, 0.717) is 18.1 Å². The van der Waals surface area contributed by atoms with Crippen LogP contribution >= 0.6 is 0 Å². The number of hydrogen-bond acceptors (Lipinski definition) is 6. The number of H-pyrrole nitrogens is 1. The van der Waals surface area contributed by atoms with Crippen molar-refractivity contribution < 1.29 is 4.92 Å². The van der Waals surface area contributed by atoms with Gasteiger partial charge in [0, 0.05) is 26.1 Å². The molecule has 1 aliphatic rings. The number of rotatable bonds is 3. The predicted octanol–water partition coefficient (Wildman–Crippen LogP) is 1.45. The molecule has 22 heavy (non-hydrogen) atoms. The van der Waals surface area contributed by atoms with E-state index in [0.717, 1.165) is 31.0 Å². The highest BCUT2D eigenvalue weighted by molar-refractivity contribution is 5.61. The molecule has 2 aromatic heterocycles. The molecule has 3 rings (SSSR count). The lowest BCUT2D eigenvalue weighted by molar-refractivity contribution is -0.384. The van der Waals surface area contributed by atoms with Gasteiger partial charge in [-0.15, -0.1) is 0 Å². The number of piperidine rings is 1. The Morgan fingerprint density at radius 3 is 2.82 bits per heavy atom. The van der Waals surface area contributed by atoms with Crippen LogP contribution in [0.25, 0.3) is 0 Å². The van der Waals surface area contributed by atoms with Crippen molar-refractivity contribution in [1.29, 1.82) is 0 Å². The minimum Gasteiger partial charge on any atom is -0.350 e. The molecule has 1 atom stereocenters. The van der Waals surface area contributed by atoms with E-state index in [1.54, 1.807) is 18.7 Å². The molecule has 0 radical (unpaired) electrons. The smallest absolute Gasteiger partial charge is 0.333 e. The molecule has 0 aromatic carbocycles. The van der Waals surface area contributed by atoms with Crippen LogP contribution in [0.4, 0.5) is 11.5 Å². The maximum atomic E-state index is 11.3. The highest BCUT2D eigenvalue weighted by Crippen LogP contribution is 2.35. The minimum atomic E-state index is -0.349. The van der Waals surface area contributed by atoms with E-state index in [4.69, 9.17) is 0 Å². The van der Waals surface area contributed by atoms with Crippen LogP contribution in [0.15, 0.2) is 0 Å². The van der Waals surface area contributed by atoms with Crippen LogP contribution < -0.4 is 4.90 Å². The molecule has 0 bridgehead atoms. The van der Waals surface area contributed by atoms with Gasteiger partial charge in [-0.05, 0) is 26.7 Å². The van der Waals surface area contributed by atoms with Crippen molar-refractivity contribution in [3.63, 3.8) is 0 Å². The van der Waals surface area contributed by atoms with Crippen molar-refractivity contribution in [1.82, 2.24) is 25.0 Å². The Morgan fingerprint density at radius 2 is 2.18 bits per heavy atom. The maximum Gasteiger partial charge on any atom is 0.333 e. The largest absolute Gasteiger partial charge is 0.350 e. The number of hydrogen-bond donors (Lipinski definition) is 1. The normalized spacial score (nSPS) is 18.7. The summed E-state index contributed by atoms with van der Waals surface area (Å²) in [5.41, 5.74) is 0.535. The summed E-state index contributed by atoms with van der Waals surface area (Å²) in [7, 11) is 1.75. The molecule has 0 spiro atoms. The zero-order chi connectivity index (χ0) is 15.9. The number of aromatic nitrogens is 5. The van der Waals surface area contributed by atoms with Crippen molar-refractivity contribution >= 4 is 11.5 Å². The number of nitrogens with one attached hydrogen (secondary N) is 1. The minimum absolute atomic E-state index is 0.0920. The Hall–Kier alpha value is -2.45. The molecule has 9 nitrogen and oxygen atoms in total. The van der Waals surface area contributed by atoms with Crippen LogP contribution in [0.5, 0.6) is 0 Å². The van der Waals surface area contributed by atoms with Gasteiger partial charge < -0.3 is 4.90 Å². The summed E-state index contributed by atoms with van der Waals surface area (Å²) in [5, 5.41) is 22.6. The molecule has 2 aromatic rings. The third-order valence-corrected chi connectivity index (χ3v) is 4.04. The third-order valence-electron chi connectivity index (χ3n) is 4.04. The van der Waals surface area contributed by atoms with Crippen molar-refractivity contribution in [2.45, 2.75) is 32.6 Å². The molecule has 0 saturated carbocycles. The van der Waals surface area contributed by atoms with Gasteiger partial charge >= 0.3 is 5.69 Å². The lowest BCUT2D eigenvalue weighted by Crippen LogP contribution is -2.36. The quantitative estimate of drug-likeness (QED) is 0.679. The summed E-state index contributed by atoms with van der Waals surface area (Å²) in [6.07, 6.45) is 1.93. The van der Waals surface area contributed by atoms with Crippen LogP contribution in [-0.4, -0.2) is 43.0 Å². The second kappa shape index (κ2) is 5.39. The van der Waals surface area contributed by atoms with Crippen LogP contribution in [0, 0.1) is 24.0 Å². The molecule has 0 aliphatic carbocycles. The molecule has 1 saturated heterocycles. The van der Waals surface area contributed by atoms with Crippen LogP contribution in [0.2, 0.25) is 0 Å². The topological polar surface area (TPSA) is 106 Å². The van der Waals surface area contributed by atoms with E-state index in [2.05, 4.69) is 20.3 Å². The van der Waals surface area contributed by atoms with Crippen LogP contribution in [0.1, 0.15) is 36.1 Å². The van der Waals surface area contributed by atoms with E-state index in [9.17, 15) is 10.1 Å². The summed E-state index contributed by atoms with van der Waals surface area (Å²) >= 11 is 0. The average Bonchev–Trinajstić information content (AvgIpc) is 3.02. The van der Waals surface area contributed by atoms with Gasteiger partial charge in [0.25, 0.3) is 0 Å². The Morgan fingerprint density at radius 1 is 1.41 bits per heavy atom. The first-order chi connectivity index (χ1) is 10.5. The first-order valence-corrected chi connectivity index (χ1v) is 7.29. The van der Waals surface area contributed by atoms with E-state index in [-0.39, 0.29) is 16.5 Å². The fourth-order valence-corrected chi connectivity index (χ4v) is 3.13. The third kappa shape index (κ3) is 2.42. The van der Waals surface area contributed by atoms with E-state index in [1.165, 1.54) is 0 Å². The lowest BCUT2D eigenvalue weighted by Gasteiger charge is -2.32. The van der Waals surface area contributed by atoms with E-state index in [1.807, 2.05) is 11.8 Å². The summed E-state index contributed by atoms with van der Waals surface area (Å²) in [5.74, 6) is 2.31. The van der Waals surface area contributed by atoms with Crippen LogP contribution in [0.3, 0.4) is 0 Å². The fourth-order valence-electron chi connectivity index (χ4n) is 3.13. The Labute approximate surface area is 127 Å². The van der Waals surface area contributed by atoms with Gasteiger partial charge in [0.2, 0.25) is 5.82 Å². The van der Waals surface area contributed by atoms with Gasteiger partial charge in [0.15, 0.2) is 5.82 Å². The predicted molar refractivity (Wildman–Crippen MR) is 79.9 cm³/mol. The molecule has 9 heteroatoms. The van der Waals surface area contributed by atoms with Crippen molar-refractivity contribution in [2.24, 2.45) is 7.05 Å². The lowest BCUT2D eigenvalue weighted by atomic mass is 9.97. The van der Waals surface area contributed by atoms with Gasteiger partial charge in [-0.1, -0.05) is 0 Å². The summed E-state index contributed by atoms with van der Waals surface area (Å²) in [6, 6.07) is 0. The van der Waals surface area contributed by atoms with Crippen molar-refractivity contribution in [3.8, 4) is 0 Å². The monoisotopic (exact) mass is 305 g/mol. The zero-order valence-electron chi connectivity index (χ0n) is 12.9. The number of aryl methyl sites for hydroxylation is 3. The molecule has 1 aliphatic heterocycles. The second-order valence-electron chi connectivity index (χ2n) is 5.70. The van der Waals surface area contributed by atoms with Crippen LogP contribution in [-0.2, 0) is 7.05 Å². The number of anilines is 1. The number of aromatic amines is 1. The molecule has 1 fully saturated rings. The molecular formula is C13H19N7O2. The van der Waals surface area contributed by atoms with Gasteiger partial charge in [-0.3, -0.25) is 15.2 Å². The summed E-state index contributed by atoms with van der Waals surface area (Å²) < 4.78 is 1.60. The standard InChI is InChI=1S/C13H19N7O2/c1-8-11(20(21)22)13(18(3)17-8)19-6-4-5-10(7-19)12-14-9(2)15-16-12/h10H,4-7H2,1-3H3,(H,14,15,16).